The van der Waals surface area contributed by atoms with Crippen molar-refractivity contribution in [1.82, 2.24) is 9.80 Å². The zero-order valence-electron chi connectivity index (χ0n) is 20.6. The van der Waals surface area contributed by atoms with E-state index < -0.39 is 0 Å². The largest absolute Gasteiger partial charge is 0.337 e. The van der Waals surface area contributed by atoms with Crippen LogP contribution in [0.1, 0.15) is 62.8 Å². The second kappa shape index (κ2) is 12.0. The fraction of sp³-hybridized carbons (Fsp3) is 0.536. The Morgan fingerprint density at radius 2 is 1.67 bits per heavy atom. The van der Waals surface area contributed by atoms with Gasteiger partial charge in [0.25, 0.3) is 0 Å². The predicted molar refractivity (Wildman–Crippen MR) is 138 cm³/mol. The van der Waals surface area contributed by atoms with Crippen molar-refractivity contribution in [2.45, 2.75) is 59.0 Å². The number of carbonyl (C=O) groups is 1. The summed E-state index contributed by atoms with van der Waals surface area (Å²) < 4.78 is 0. The van der Waals surface area contributed by atoms with Crippen molar-refractivity contribution in [3.05, 3.63) is 70.2 Å². The van der Waals surface area contributed by atoms with E-state index in [9.17, 15) is 4.79 Å². The molecule has 1 fully saturated rings. The molecule has 3 unspecified atom stereocenters. The molecule has 0 spiro atoms. The molecule has 3 rings (SSSR count). The standard InChI is InChI=1S/C28H40ClN3O/c1-5-22(14-15-30)18-27(33)32-17-16-31(19-26(32)20(2)3)28(23-8-6-21(4)7-9-23)24-10-12-25(29)13-11-24/h6-13,20,22,26,28H,5,14-19,30H2,1-4H3. The minimum Gasteiger partial charge on any atom is -0.337 e. The van der Waals surface area contributed by atoms with Crippen LogP contribution in [0, 0.1) is 18.8 Å². The molecule has 180 valence electrons. The maximum absolute atomic E-state index is 13.3. The van der Waals surface area contributed by atoms with E-state index in [1.165, 1.54) is 16.7 Å². The number of carbonyl (C=O) groups excluding carboxylic acids is 1. The lowest BCUT2D eigenvalue weighted by Gasteiger charge is -2.46. The topological polar surface area (TPSA) is 49.6 Å². The van der Waals surface area contributed by atoms with Gasteiger partial charge >= 0.3 is 0 Å². The molecule has 0 aromatic heterocycles. The fourth-order valence-corrected chi connectivity index (χ4v) is 5.13. The van der Waals surface area contributed by atoms with E-state index in [1.54, 1.807) is 0 Å². The van der Waals surface area contributed by atoms with Gasteiger partial charge in [-0.2, -0.15) is 0 Å². The molecule has 2 aromatic rings. The van der Waals surface area contributed by atoms with Crippen LogP contribution in [0.3, 0.4) is 0 Å². The van der Waals surface area contributed by atoms with Crippen molar-refractivity contribution in [2.24, 2.45) is 17.6 Å². The van der Waals surface area contributed by atoms with Gasteiger partial charge in [-0.1, -0.05) is 80.8 Å². The van der Waals surface area contributed by atoms with Gasteiger partial charge in [0.15, 0.2) is 0 Å². The maximum Gasteiger partial charge on any atom is 0.223 e. The Balaban J connectivity index is 1.85. The van der Waals surface area contributed by atoms with Crippen LogP contribution in [-0.2, 0) is 4.79 Å². The Kier molecular flexibility index (Phi) is 9.37. The Bertz CT molecular complexity index is 836. The molecule has 0 saturated carbocycles. The number of amides is 1. The van der Waals surface area contributed by atoms with E-state index in [4.69, 9.17) is 17.3 Å². The Morgan fingerprint density at radius 1 is 1.06 bits per heavy atom. The molecular formula is C28H40ClN3O. The molecule has 1 heterocycles. The molecule has 0 aliphatic carbocycles. The van der Waals surface area contributed by atoms with Crippen LogP contribution in [0.5, 0.6) is 0 Å². The van der Waals surface area contributed by atoms with E-state index in [2.05, 4.69) is 73.9 Å². The van der Waals surface area contributed by atoms with Gasteiger partial charge in [-0.15, -0.1) is 0 Å². The number of rotatable bonds is 9. The number of piperazine rings is 1. The van der Waals surface area contributed by atoms with E-state index in [-0.39, 0.29) is 18.0 Å². The number of aryl methyl sites for hydroxylation is 1. The number of hydrogen-bond donors (Lipinski definition) is 1. The third-order valence-corrected chi connectivity index (χ3v) is 7.35. The van der Waals surface area contributed by atoms with Crippen molar-refractivity contribution >= 4 is 17.5 Å². The van der Waals surface area contributed by atoms with Crippen LogP contribution < -0.4 is 5.73 Å². The SMILES string of the molecule is CCC(CCN)CC(=O)N1CCN(C(c2ccc(C)cc2)c2ccc(Cl)cc2)CC1C(C)C. The fourth-order valence-electron chi connectivity index (χ4n) is 5.01. The van der Waals surface area contributed by atoms with Gasteiger partial charge in [0, 0.05) is 37.1 Å². The van der Waals surface area contributed by atoms with Gasteiger partial charge in [-0.05, 0) is 55.0 Å². The second-order valence-electron chi connectivity index (χ2n) is 9.81. The van der Waals surface area contributed by atoms with Crippen LogP contribution in [0.25, 0.3) is 0 Å². The molecule has 2 N–H and O–H groups in total. The number of benzene rings is 2. The van der Waals surface area contributed by atoms with E-state index in [1.807, 2.05) is 12.1 Å². The van der Waals surface area contributed by atoms with Crippen molar-refractivity contribution < 1.29 is 4.79 Å². The number of halogens is 1. The minimum atomic E-state index is 0.141. The van der Waals surface area contributed by atoms with Crippen LogP contribution in [-0.4, -0.2) is 47.9 Å². The summed E-state index contributed by atoms with van der Waals surface area (Å²) in [6.07, 6.45) is 2.53. The third kappa shape index (κ3) is 6.59. The number of hydrogen-bond acceptors (Lipinski definition) is 3. The van der Waals surface area contributed by atoms with E-state index in [0.717, 1.165) is 37.5 Å². The quantitative estimate of drug-likeness (QED) is 0.514. The first-order valence-corrected chi connectivity index (χ1v) is 12.8. The van der Waals surface area contributed by atoms with Crippen molar-refractivity contribution in [1.29, 1.82) is 0 Å². The van der Waals surface area contributed by atoms with Crippen LogP contribution in [0.15, 0.2) is 48.5 Å². The van der Waals surface area contributed by atoms with Crippen molar-refractivity contribution in [3.63, 3.8) is 0 Å². The molecule has 1 aliphatic heterocycles. The smallest absolute Gasteiger partial charge is 0.223 e. The lowest BCUT2D eigenvalue weighted by molar-refractivity contribution is -0.139. The van der Waals surface area contributed by atoms with Gasteiger partial charge in [0.05, 0.1) is 6.04 Å². The average Bonchev–Trinajstić information content (AvgIpc) is 2.81. The van der Waals surface area contributed by atoms with Crippen LogP contribution >= 0.6 is 11.6 Å². The number of nitrogens with two attached hydrogens (primary N) is 1. The summed E-state index contributed by atoms with van der Waals surface area (Å²) in [7, 11) is 0. The van der Waals surface area contributed by atoms with Crippen LogP contribution in [0.2, 0.25) is 5.02 Å². The summed E-state index contributed by atoms with van der Waals surface area (Å²) in [4.78, 5) is 18.0. The van der Waals surface area contributed by atoms with Gasteiger partial charge in [0.2, 0.25) is 5.91 Å². The summed E-state index contributed by atoms with van der Waals surface area (Å²) in [5.74, 6) is 1.05. The Labute approximate surface area is 205 Å². The molecule has 0 bridgehead atoms. The first-order valence-electron chi connectivity index (χ1n) is 12.4. The molecule has 3 atom stereocenters. The van der Waals surface area contributed by atoms with Gasteiger partial charge in [-0.3, -0.25) is 9.69 Å². The van der Waals surface area contributed by atoms with Gasteiger partial charge < -0.3 is 10.6 Å². The highest BCUT2D eigenvalue weighted by atomic mass is 35.5. The highest BCUT2D eigenvalue weighted by Crippen LogP contribution is 2.33. The van der Waals surface area contributed by atoms with Gasteiger partial charge in [0.1, 0.15) is 0 Å². The van der Waals surface area contributed by atoms with Gasteiger partial charge in [-0.25, -0.2) is 0 Å². The summed E-state index contributed by atoms with van der Waals surface area (Å²) >= 11 is 6.20. The molecule has 2 aromatic carbocycles. The molecule has 5 heteroatoms. The molecule has 33 heavy (non-hydrogen) atoms. The Morgan fingerprint density at radius 3 is 2.21 bits per heavy atom. The maximum atomic E-state index is 13.3. The van der Waals surface area contributed by atoms with Crippen LogP contribution in [0.4, 0.5) is 0 Å². The normalized spacial score (nSPS) is 19.0. The number of nitrogens with zero attached hydrogens (tertiary/aromatic N) is 2. The summed E-state index contributed by atoms with van der Waals surface area (Å²) in [6.45, 7) is 11.9. The van der Waals surface area contributed by atoms with E-state index in [0.29, 0.717) is 24.8 Å². The van der Waals surface area contributed by atoms with Crippen molar-refractivity contribution in [3.8, 4) is 0 Å². The summed E-state index contributed by atoms with van der Waals surface area (Å²) in [5.41, 5.74) is 9.54. The lowest BCUT2D eigenvalue weighted by atomic mass is 9.91. The highest BCUT2D eigenvalue weighted by Gasteiger charge is 2.36. The molecule has 1 amide bonds. The molecule has 1 saturated heterocycles. The first kappa shape index (κ1) is 25.7. The monoisotopic (exact) mass is 469 g/mol. The van der Waals surface area contributed by atoms with Crippen molar-refractivity contribution in [2.75, 3.05) is 26.2 Å². The third-order valence-electron chi connectivity index (χ3n) is 7.10. The second-order valence-corrected chi connectivity index (χ2v) is 10.3. The molecule has 0 radical (unpaired) electrons. The first-order chi connectivity index (χ1) is 15.8. The molecular weight excluding hydrogens is 430 g/mol. The summed E-state index contributed by atoms with van der Waals surface area (Å²) in [5, 5.41) is 0.750. The lowest BCUT2D eigenvalue weighted by Crippen LogP contribution is -2.58. The highest BCUT2D eigenvalue weighted by molar-refractivity contribution is 6.30. The average molecular weight is 470 g/mol. The zero-order chi connectivity index (χ0) is 24.0. The minimum absolute atomic E-state index is 0.141. The Hall–Kier alpha value is -1.88. The zero-order valence-corrected chi connectivity index (χ0v) is 21.4. The molecule has 1 aliphatic rings. The predicted octanol–water partition coefficient (Wildman–Crippen LogP) is 5.67. The summed E-state index contributed by atoms with van der Waals surface area (Å²) in [6, 6.07) is 17.4. The molecule has 4 nitrogen and oxygen atoms in total. The van der Waals surface area contributed by atoms with E-state index >= 15 is 0 Å².